The number of ether oxygens (including phenoxy) is 2. The van der Waals surface area contributed by atoms with Crippen LogP contribution in [-0.2, 0) is 16.0 Å². The molecular formula is C17H20Cl2N2O3. The van der Waals surface area contributed by atoms with Gasteiger partial charge in [0, 0.05) is 34.4 Å². The number of rotatable bonds is 5. The summed E-state index contributed by atoms with van der Waals surface area (Å²) in [4.78, 5) is 4.06. The molecule has 0 bridgehead atoms. The summed E-state index contributed by atoms with van der Waals surface area (Å²) in [6.07, 6.45) is 6.28. The van der Waals surface area contributed by atoms with E-state index in [-0.39, 0.29) is 6.10 Å². The molecule has 1 saturated heterocycles. The van der Waals surface area contributed by atoms with E-state index in [9.17, 15) is 5.11 Å². The third-order valence-electron chi connectivity index (χ3n) is 4.10. The highest BCUT2D eigenvalue weighted by molar-refractivity contribution is 6.35. The van der Waals surface area contributed by atoms with Gasteiger partial charge in [-0.3, -0.25) is 0 Å². The molecule has 1 aliphatic heterocycles. The topological polar surface area (TPSA) is 56.5 Å². The van der Waals surface area contributed by atoms with Crippen LogP contribution in [0.4, 0.5) is 0 Å². The van der Waals surface area contributed by atoms with Crippen molar-refractivity contribution in [3.63, 3.8) is 0 Å². The van der Waals surface area contributed by atoms with Crippen LogP contribution in [0.1, 0.15) is 37.9 Å². The molecule has 7 heteroatoms. The molecule has 1 aromatic carbocycles. The van der Waals surface area contributed by atoms with Crippen molar-refractivity contribution in [3.8, 4) is 0 Å². The van der Waals surface area contributed by atoms with Crippen molar-refractivity contribution in [2.45, 2.75) is 50.9 Å². The standard InChI is InChI=1S/C17H20Cl2N2O3/c1-17(6-2-3-16(22)24-17)23-15(10-21-8-7-20-11-21)13-5-4-12(18)9-14(13)19/h4-5,7-9,11,15-16,22H,2-3,6,10H2,1H3. The summed E-state index contributed by atoms with van der Waals surface area (Å²) in [5.41, 5.74) is 0.819. The average Bonchev–Trinajstić information content (AvgIpc) is 2.99. The Bertz CT molecular complexity index is 680. The molecule has 0 radical (unpaired) electrons. The minimum absolute atomic E-state index is 0.362. The second kappa shape index (κ2) is 7.42. The number of nitrogens with zero attached hydrogens (tertiary/aromatic N) is 2. The van der Waals surface area contributed by atoms with Crippen molar-refractivity contribution in [2.75, 3.05) is 0 Å². The smallest absolute Gasteiger partial charge is 0.169 e. The molecule has 0 spiro atoms. The fourth-order valence-corrected chi connectivity index (χ4v) is 3.47. The zero-order chi connectivity index (χ0) is 17.2. The number of aliphatic hydroxyl groups excluding tert-OH is 1. The molecule has 1 aliphatic rings. The highest BCUT2D eigenvalue weighted by atomic mass is 35.5. The minimum atomic E-state index is -0.869. The van der Waals surface area contributed by atoms with Crippen molar-refractivity contribution in [1.82, 2.24) is 9.55 Å². The zero-order valence-electron chi connectivity index (χ0n) is 13.4. The molecule has 0 aliphatic carbocycles. The number of hydrogen-bond donors (Lipinski definition) is 1. The fraction of sp³-hybridized carbons (Fsp3) is 0.471. The number of benzene rings is 1. The molecule has 1 aromatic heterocycles. The largest absolute Gasteiger partial charge is 0.368 e. The molecule has 5 nitrogen and oxygen atoms in total. The second-order valence-corrected chi connectivity index (χ2v) is 6.97. The van der Waals surface area contributed by atoms with Gasteiger partial charge in [-0.05, 0) is 31.9 Å². The minimum Gasteiger partial charge on any atom is -0.368 e. The molecule has 3 atom stereocenters. The molecule has 0 amide bonds. The normalized spacial score (nSPS) is 25.6. The van der Waals surface area contributed by atoms with Crippen molar-refractivity contribution >= 4 is 23.2 Å². The van der Waals surface area contributed by atoms with E-state index in [1.807, 2.05) is 23.8 Å². The van der Waals surface area contributed by atoms with E-state index < -0.39 is 12.1 Å². The van der Waals surface area contributed by atoms with Gasteiger partial charge in [-0.2, -0.15) is 0 Å². The van der Waals surface area contributed by atoms with E-state index in [2.05, 4.69) is 4.98 Å². The zero-order valence-corrected chi connectivity index (χ0v) is 14.9. The van der Waals surface area contributed by atoms with Gasteiger partial charge >= 0.3 is 0 Å². The highest BCUT2D eigenvalue weighted by Gasteiger charge is 2.36. The summed E-state index contributed by atoms with van der Waals surface area (Å²) >= 11 is 12.4. The summed E-state index contributed by atoms with van der Waals surface area (Å²) in [6.45, 7) is 2.37. The van der Waals surface area contributed by atoms with Gasteiger partial charge in [0.1, 0.15) is 6.10 Å². The molecule has 24 heavy (non-hydrogen) atoms. The van der Waals surface area contributed by atoms with E-state index in [0.717, 1.165) is 12.0 Å². The van der Waals surface area contributed by atoms with Gasteiger partial charge in [-0.1, -0.05) is 29.3 Å². The first-order valence-electron chi connectivity index (χ1n) is 7.89. The van der Waals surface area contributed by atoms with Gasteiger partial charge in [-0.25, -0.2) is 4.98 Å². The second-order valence-electron chi connectivity index (χ2n) is 6.13. The lowest BCUT2D eigenvalue weighted by Gasteiger charge is -2.39. The number of hydrogen-bond acceptors (Lipinski definition) is 4. The Kier molecular flexibility index (Phi) is 5.47. The van der Waals surface area contributed by atoms with E-state index in [0.29, 0.717) is 29.4 Å². The van der Waals surface area contributed by atoms with E-state index >= 15 is 0 Å². The SMILES string of the molecule is CC1(OC(Cn2ccnc2)c2ccc(Cl)cc2Cl)CCCC(O)O1. The van der Waals surface area contributed by atoms with Crippen LogP contribution in [0.3, 0.4) is 0 Å². The predicted molar refractivity (Wildman–Crippen MR) is 91.9 cm³/mol. The maximum Gasteiger partial charge on any atom is 0.169 e. The van der Waals surface area contributed by atoms with Crippen molar-refractivity contribution in [1.29, 1.82) is 0 Å². The monoisotopic (exact) mass is 370 g/mol. The third-order valence-corrected chi connectivity index (χ3v) is 4.67. The van der Waals surface area contributed by atoms with Crippen LogP contribution < -0.4 is 0 Å². The maximum atomic E-state index is 9.81. The van der Waals surface area contributed by atoms with Gasteiger partial charge in [0.15, 0.2) is 12.1 Å². The quantitative estimate of drug-likeness (QED) is 0.857. The summed E-state index contributed by atoms with van der Waals surface area (Å²) in [5.74, 6) is -0.869. The Morgan fingerprint density at radius 3 is 3.00 bits per heavy atom. The summed E-state index contributed by atoms with van der Waals surface area (Å²) in [7, 11) is 0. The fourth-order valence-electron chi connectivity index (χ4n) is 2.94. The molecule has 0 saturated carbocycles. The first kappa shape index (κ1) is 17.7. The Morgan fingerprint density at radius 2 is 2.33 bits per heavy atom. The third kappa shape index (κ3) is 4.29. The molecule has 1 N–H and O–H groups in total. The number of halogens is 2. The number of imidazole rings is 1. The van der Waals surface area contributed by atoms with Crippen LogP contribution in [0, 0.1) is 0 Å². The Balaban J connectivity index is 1.86. The summed E-state index contributed by atoms with van der Waals surface area (Å²) < 4.78 is 13.8. The predicted octanol–water partition coefficient (Wildman–Crippen LogP) is 4.18. The first-order valence-corrected chi connectivity index (χ1v) is 8.65. The van der Waals surface area contributed by atoms with Crippen molar-refractivity contribution in [3.05, 3.63) is 52.5 Å². The van der Waals surface area contributed by atoms with Gasteiger partial charge in [0.05, 0.1) is 12.9 Å². The Morgan fingerprint density at radius 1 is 1.50 bits per heavy atom. The van der Waals surface area contributed by atoms with Crippen LogP contribution in [0.5, 0.6) is 0 Å². The summed E-state index contributed by atoms with van der Waals surface area (Å²) in [6, 6.07) is 5.34. The molecule has 3 unspecified atom stereocenters. The Hall–Kier alpha value is -1.11. The van der Waals surface area contributed by atoms with Gasteiger partial charge in [-0.15, -0.1) is 0 Å². The maximum absolute atomic E-state index is 9.81. The lowest BCUT2D eigenvalue weighted by atomic mass is 10.0. The number of aromatic nitrogens is 2. The van der Waals surface area contributed by atoms with Crippen LogP contribution >= 0.6 is 23.2 Å². The Labute approximate surface area is 151 Å². The van der Waals surface area contributed by atoms with Crippen LogP contribution in [-0.4, -0.2) is 26.7 Å². The average molecular weight is 371 g/mol. The molecule has 2 aromatic rings. The van der Waals surface area contributed by atoms with E-state index in [1.165, 1.54) is 0 Å². The number of aliphatic hydroxyl groups is 1. The molecular weight excluding hydrogens is 351 g/mol. The van der Waals surface area contributed by atoms with Crippen molar-refractivity contribution < 1.29 is 14.6 Å². The van der Waals surface area contributed by atoms with Crippen LogP contribution in [0.2, 0.25) is 10.0 Å². The molecule has 130 valence electrons. The highest BCUT2D eigenvalue weighted by Crippen LogP contribution is 2.37. The first-order chi connectivity index (χ1) is 11.5. The van der Waals surface area contributed by atoms with Crippen molar-refractivity contribution in [2.24, 2.45) is 0 Å². The molecule has 2 heterocycles. The lowest BCUT2D eigenvalue weighted by Crippen LogP contribution is -2.41. The van der Waals surface area contributed by atoms with Gasteiger partial charge in [0.2, 0.25) is 0 Å². The van der Waals surface area contributed by atoms with E-state index in [1.54, 1.807) is 24.7 Å². The lowest BCUT2D eigenvalue weighted by molar-refractivity contribution is -0.328. The summed E-state index contributed by atoms with van der Waals surface area (Å²) in [5, 5.41) is 10.9. The molecule has 3 rings (SSSR count). The molecule has 1 fully saturated rings. The van der Waals surface area contributed by atoms with Gasteiger partial charge < -0.3 is 19.1 Å². The van der Waals surface area contributed by atoms with Crippen LogP contribution in [0.15, 0.2) is 36.9 Å². The van der Waals surface area contributed by atoms with Gasteiger partial charge in [0.25, 0.3) is 0 Å². The van der Waals surface area contributed by atoms with E-state index in [4.69, 9.17) is 32.7 Å². The van der Waals surface area contributed by atoms with Crippen LogP contribution in [0.25, 0.3) is 0 Å².